The molecule has 0 aliphatic rings. The van der Waals surface area contributed by atoms with E-state index in [4.69, 9.17) is 9.47 Å². The van der Waals surface area contributed by atoms with Crippen LogP contribution < -0.4 is 4.74 Å². The van der Waals surface area contributed by atoms with Crippen LogP contribution in [-0.2, 0) is 16.1 Å². The highest BCUT2D eigenvalue weighted by Crippen LogP contribution is 2.16. The average molecular weight is 315 g/mol. The lowest BCUT2D eigenvalue weighted by molar-refractivity contribution is -0.384. The summed E-state index contributed by atoms with van der Waals surface area (Å²) in [6, 6.07) is 11.4. The van der Waals surface area contributed by atoms with E-state index in [1.54, 1.807) is 18.2 Å². The number of rotatable bonds is 6. The van der Waals surface area contributed by atoms with E-state index in [1.807, 2.05) is 26.0 Å². The van der Waals surface area contributed by atoms with E-state index >= 15 is 0 Å². The van der Waals surface area contributed by atoms with Crippen molar-refractivity contribution in [3.63, 3.8) is 0 Å². The molecule has 0 aliphatic heterocycles. The first-order chi connectivity index (χ1) is 11.0. The Morgan fingerprint density at radius 2 is 1.78 bits per heavy atom. The summed E-state index contributed by atoms with van der Waals surface area (Å²) >= 11 is 0. The molecule has 0 aliphatic carbocycles. The number of carbonyl (C=O) groups excluding carboxylic acids is 1. The van der Waals surface area contributed by atoms with E-state index in [-0.39, 0.29) is 18.9 Å². The molecule has 0 spiro atoms. The van der Waals surface area contributed by atoms with Crippen molar-refractivity contribution in [2.24, 2.45) is 0 Å². The number of ether oxygens (including phenoxy) is 2. The molecule has 0 N–H and O–H groups in total. The Balaban J connectivity index is 1.80. The van der Waals surface area contributed by atoms with Crippen LogP contribution in [0.4, 0.5) is 5.69 Å². The number of hydrogen-bond acceptors (Lipinski definition) is 5. The quantitative estimate of drug-likeness (QED) is 0.464. The predicted molar refractivity (Wildman–Crippen MR) is 84.3 cm³/mol. The fourth-order valence-electron chi connectivity index (χ4n) is 1.87. The van der Waals surface area contributed by atoms with Crippen LogP contribution in [0.25, 0.3) is 0 Å². The lowest BCUT2D eigenvalue weighted by Crippen LogP contribution is -2.14. The van der Waals surface area contributed by atoms with Crippen molar-refractivity contribution in [1.82, 2.24) is 0 Å². The second-order valence-electron chi connectivity index (χ2n) is 5.12. The summed E-state index contributed by atoms with van der Waals surface area (Å²) < 4.78 is 10.4. The van der Waals surface area contributed by atoms with Gasteiger partial charge < -0.3 is 9.47 Å². The fourth-order valence-corrected chi connectivity index (χ4v) is 1.87. The Morgan fingerprint density at radius 1 is 1.09 bits per heavy atom. The van der Waals surface area contributed by atoms with Crippen molar-refractivity contribution in [3.05, 3.63) is 69.3 Å². The van der Waals surface area contributed by atoms with Gasteiger partial charge in [0.2, 0.25) is 0 Å². The van der Waals surface area contributed by atoms with Crippen LogP contribution in [0.5, 0.6) is 5.75 Å². The van der Waals surface area contributed by atoms with Crippen molar-refractivity contribution in [2.45, 2.75) is 20.5 Å². The molecule has 0 bridgehead atoms. The van der Waals surface area contributed by atoms with Crippen LogP contribution in [0.3, 0.4) is 0 Å². The van der Waals surface area contributed by atoms with Crippen molar-refractivity contribution >= 4 is 11.7 Å². The summed E-state index contributed by atoms with van der Waals surface area (Å²) in [4.78, 5) is 21.7. The normalized spacial score (nSPS) is 10.2. The number of non-ortho nitro benzene ring substituents is 1. The minimum Gasteiger partial charge on any atom is -0.482 e. The Labute approximate surface area is 133 Å². The molecule has 6 heteroatoms. The van der Waals surface area contributed by atoms with Crippen molar-refractivity contribution in [2.75, 3.05) is 6.61 Å². The molecule has 0 aromatic heterocycles. The largest absolute Gasteiger partial charge is 0.482 e. The Hall–Kier alpha value is -2.89. The van der Waals surface area contributed by atoms with Crippen LogP contribution in [0.15, 0.2) is 42.5 Å². The number of nitro benzene ring substituents is 1. The average Bonchev–Trinajstić information content (AvgIpc) is 2.54. The molecule has 6 nitrogen and oxygen atoms in total. The van der Waals surface area contributed by atoms with Crippen molar-refractivity contribution in [1.29, 1.82) is 0 Å². The maximum atomic E-state index is 11.7. The molecule has 0 atom stereocenters. The zero-order valence-corrected chi connectivity index (χ0v) is 12.9. The second kappa shape index (κ2) is 7.40. The number of esters is 1. The Bertz CT molecular complexity index is 709. The highest BCUT2D eigenvalue weighted by atomic mass is 16.6. The molecule has 23 heavy (non-hydrogen) atoms. The minimum absolute atomic E-state index is 0.00171. The molecule has 2 rings (SSSR count). The molecule has 0 saturated heterocycles. The molecule has 2 aromatic rings. The predicted octanol–water partition coefficient (Wildman–Crippen LogP) is 3.33. The van der Waals surface area contributed by atoms with E-state index in [2.05, 4.69) is 0 Å². The second-order valence-corrected chi connectivity index (χ2v) is 5.12. The standard InChI is InChI=1S/C17H17NO5/c1-12-3-8-16(9-13(12)2)22-11-17(19)23-10-14-4-6-15(7-5-14)18(20)21/h3-9H,10-11H2,1-2H3. The number of nitrogens with zero attached hydrogens (tertiary/aromatic N) is 1. The first-order valence-corrected chi connectivity index (χ1v) is 7.04. The third-order valence-corrected chi connectivity index (χ3v) is 3.38. The Kier molecular flexibility index (Phi) is 5.30. The molecule has 0 fully saturated rings. The fraction of sp³-hybridized carbons (Fsp3) is 0.235. The van der Waals surface area contributed by atoms with Crippen molar-refractivity contribution in [3.8, 4) is 5.75 Å². The smallest absolute Gasteiger partial charge is 0.344 e. The summed E-state index contributed by atoms with van der Waals surface area (Å²) in [5, 5.41) is 10.5. The lowest BCUT2D eigenvalue weighted by Gasteiger charge is -2.08. The van der Waals surface area contributed by atoms with Crippen LogP contribution >= 0.6 is 0 Å². The van der Waals surface area contributed by atoms with Gasteiger partial charge in [0.1, 0.15) is 12.4 Å². The summed E-state index contributed by atoms with van der Waals surface area (Å²) in [5.74, 6) is 0.113. The van der Waals surface area contributed by atoms with Gasteiger partial charge in [-0.25, -0.2) is 4.79 Å². The van der Waals surface area contributed by atoms with Gasteiger partial charge in [-0.3, -0.25) is 10.1 Å². The number of carbonyl (C=O) groups is 1. The van der Waals surface area contributed by atoms with Gasteiger partial charge in [-0.2, -0.15) is 0 Å². The number of hydrogen-bond donors (Lipinski definition) is 0. The third-order valence-electron chi connectivity index (χ3n) is 3.38. The Morgan fingerprint density at radius 3 is 2.39 bits per heavy atom. The summed E-state index contributed by atoms with van der Waals surface area (Å²) in [5.41, 5.74) is 2.91. The van der Waals surface area contributed by atoms with Gasteiger partial charge in [0.05, 0.1) is 4.92 Å². The molecule has 0 amide bonds. The summed E-state index contributed by atoms with van der Waals surface area (Å²) in [7, 11) is 0. The van der Waals surface area contributed by atoms with E-state index in [0.717, 1.165) is 11.1 Å². The molecule has 0 saturated carbocycles. The SMILES string of the molecule is Cc1ccc(OCC(=O)OCc2ccc([N+](=O)[O-])cc2)cc1C. The molecular formula is C17H17NO5. The van der Waals surface area contributed by atoms with E-state index in [0.29, 0.717) is 11.3 Å². The van der Waals surface area contributed by atoms with Gasteiger partial charge in [0, 0.05) is 12.1 Å². The zero-order chi connectivity index (χ0) is 16.8. The van der Waals surface area contributed by atoms with E-state index in [1.165, 1.54) is 12.1 Å². The van der Waals surface area contributed by atoms with Gasteiger partial charge in [-0.1, -0.05) is 6.07 Å². The third kappa shape index (κ3) is 4.81. The van der Waals surface area contributed by atoms with Crippen LogP contribution in [-0.4, -0.2) is 17.5 Å². The van der Waals surface area contributed by atoms with E-state index in [9.17, 15) is 14.9 Å². The van der Waals surface area contributed by atoms with Gasteiger partial charge in [-0.05, 0) is 54.8 Å². The van der Waals surface area contributed by atoms with Crippen LogP contribution in [0.2, 0.25) is 0 Å². The number of benzene rings is 2. The van der Waals surface area contributed by atoms with Gasteiger partial charge >= 0.3 is 5.97 Å². The van der Waals surface area contributed by atoms with Gasteiger partial charge in [0.25, 0.3) is 5.69 Å². The first-order valence-electron chi connectivity index (χ1n) is 7.04. The molecular weight excluding hydrogens is 298 g/mol. The number of nitro groups is 1. The lowest BCUT2D eigenvalue weighted by atomic mass is 10.1. The summed E-state index contributed by atoms with van der Waals surface area (Å²) in [6.45, 7) is 3.83. The van der Waals surface area contributed by atoms with Gasteiger partial charge in [0.15, 0.2) is 6.61 Å². The monoisotopic (exact) mass is 315 g/mol. The minimum atomic E-state index is -0.499. The number of aryl methyl sites for hydroxylation is 2. The van der Waals surface area contributed by atoms with Crippen LogP contribution in [0.1, 0.15) is 16.7 Å². The van der Waals surface area contributed by atoms with Gasteiger partial charge in [-0.15, -0.1) is 0 Å². The first kappa shape index (κ1) is 16.5. The van der Waals surface area contributed by atoms with E-state index < -0.39 is 10.9 Å². The van der Waals surface area contributed by atoms with Crippen LogP contribution in [0, 0.1) is 24.0 Å². The zero-order valence-electron chi connectivity index (χ0n) is 12.9. The molecule has 2 aromatic carbocycles. The molecule has 0 radical (unpaired) electrons. The molecule has 0 heterocycles. The molecule has 120 valence electrons. The van der Waals surface area contributed by atoms with Crippen molar-refractivity contribution < 1.29 is 19.2 Å². The topological polar surface area (TPSA) is 78.7 Å². The summed E-state index contributed by atoms with van der Waals surface area (Å²) in [6.07, 6.45) is 0. The maximum Gasteiger partial charge on any atom is 0.344 e. The molecule has 0 unspecified atom stereocenters. The maximum absolute atomic E-state index is 11.7. The highest BCUT2D eigenvalue weighted by Gasteiger charge is 2.08. The highest BCUT2D eigenvalue weighted by molar-refractivity contribution is 5.71.